The summed E-state index contributed by atoms with van der Waals surface area (Å²) >= 11 is 6.44. The Kier molecular flexibility index (Phi) is 3.57. The second-order valence-electron chi connectivity index (χ2n) is 6.23. The van der Waals surface area contributed by atoms with Crippen LogP contribution in [0.15, 0.2) is 42.9 Å². The molecule has 164 valence electrons. The third-order valence-corrected chi connectivity index (χ3v) is 6.68. The number of nitrogens with zero attached hydrogens (tertiary/aromatic N) is 3. The van der Waals surface area contributed by atoms with E-state index in [0.717, 1.165) is 40.4 Å². The molecule has 3 heterocycles. The van der Waals surface area contributed by atoms with Gasteiger partial charge in [0.25, 0.3) is 10.2 Å². The van der Waals surface area contributed by atoms with E-state index in [4.69, 9.17) is 23.9 Å². The van der Waals surface area contributed by atoms with Gasteiger partial charge in [0, 0.05) is 40.3 Å². The minimum Gasteiger partial charge on any atom is -0.340 e. The van der Waals surface area contributed by atoms with Crippen LogP contribution in [0.2, 0.25) is 5.02 Å². The van der Waals surface area contributed by atoms with Gasteiger partial charge in [0.05, 0.1) is 30.7 Å². The van der Waals surface area contributed by atoms with Crippen LogP contribution in [0.3, 0.4) is 0 Å². The molecular formula is C19H19ClFN5O3S2. The lowest BCUT2D eigenvalue weighted by Gasteiger charge is -2.35. The SMILES string of the molecule is [2H]C1[C@]([2H])(c2ccc(-c3cn(C([2H])([2H])[2H])cn3)s2)NS(=O)(=O)N(C([2H])([2H])[2H])[C@]1([2H])C(=O)Nc1ccc(F)c(Cl)c1. The average Bonchev–Trinajstić information content (AvgIpc) is 3.48. The lowest BCUT2D eigenvalue weighted by Crippen LogP contribution is -2.55. The quantitative estimate of drug-likeness (QED) is 0.584. The first-order chi connectivity index (χ1) is 18.2. The highest BCUT2D eigenvalue weighted by Gasteiger charge is 2.41. The number of aryl methyl sites for hydroxylation is 1. The van der Waals surface area contributed by atoms with Gasteiger partial charge in [-0.05, 0) is 36.7 Å². The summed E-state index contributed by atoms with van der Waals surface area (Å²) < 4.78 is 114. The van der Waals surface area contributed by atoms with Crippen molar-refractivity contribution in [2.75, 3.05) is 12.3 Å². The molecule has 12 heteroatoms. The fourth-order valence-electron chi connectivity index (χ4n) is 2.66. The van der Waals surface area contributed by atoms with Crippen LogP contribution in [-0.4, -0.2) is 41.2 Å². The van der Waals surface area contributed by atoms with Gasteiger partial charge in [0.1, 0.15) is 11.8 Å². The van der Waals surface area contributed by atoms with Gasteiger partial charge in [-0.25, -0.2) is 9.37 Å². The standard InChI is InChI=1S/C19H19ClFN5O3S2/c1-25-9-15(22-10-25)18-6-5-17(30-18)14-8-16(26(2)31(28,29)24-14)19(27)23-11-3-4-13(21)12(20)7-11/h3-7,9-10,14,16,24H,8H2,1-2H3,(H,23,27)/t14-,16+/m1/s1/i1D3,2D3,8D,14D,16D/t8?,14-,16+. The Hall–Kier alpha value is -2.31. The number of rotatable bonds is 4. The maximum atomic E-state index is 13.6. The minimum absolute atomic E-state index is 0.142. The predicted octanol–water partition coefficient (Wildman–Crippen LogP) is 3.16. The summed E-state index contributed by atoms with van der Waals surface area (Å²) in [6.07, 6.45) is -0.190. The number of hydrogen-bond donors (Lipinski definition) is 2. The zero-order valence-electron chi connectivity index (χ0n) is 24.3. The van der Waals surface area contributed by atoms with Crippen LogP contribution < -0.4 is 10.0 Å². The van der Waals surface area contributed by atoms with Crippen LogP contribution >= 0.6 is 22.9 Å². The van der Waals surface area contributed by atoms with E-state index in [9.17, 15) is 17.6 Å². The Labute approximate surface area is 200 Å². The second kappa shape index (κ2) is 8.32. The Morgan fingerprint density at radius 2 is 2.29 bits per heavy atom. The van der Waals surface area contributed by atoms with Crippen molar-refractivity contribution in [2.24, 2.45) is 6.98 Å². The molecule has 0 spiro atoms. The molecule has 2 aromatic heterocycles. The van der Waals surface area contributed by atoms with Crippen LogP contribution in [0.5, 0.6) is 0 Å². The van der Waals surface area contributed by atoms with E-state index in [2.05, 4.69) is 10.3 Å². The van der Waals surface area contributed by atoms with Gasteiger partial charge < -0.3 is 9.88 Å². The maximum Gasteiger partial charge on any atom is 0.280 e. The number of imidazole rings is 1. The highest BCUT2D eigenvalue weighted by Crippen LogP contribution is 2.35. The number of amides is 1. The molecule has 1 aliphatic heterocycles. The van der Waals surface area contributed by atoms with Crippen LogP contribution in [0, 0.1) is 5.82 Å². The van der Waals surface area contributed by atoms with Gasteiger partial charge in [-0.3, -0.25) is 4.79 Å². The number of thiophene rings is 1. The molecule has 1 unspecified atom stereocenters. The molecule has 1 aliphatic rings. The van der Waals surface area contributed by atoms with Crippen molar-refractivity contribution in [3.05, 3.63) is 58.6 Å². The van der Waals surface area contributed by atoms with Crippen LogP contribution in [0.1, 0.15) is 29.6 Å². The maximum absolute atomic E-state index is 13.6. The van der Waals surface area contributed by atoms with Crippen LogP contribution in [0.25, 0.3) is 10.6 Å². The number of carbonyl (C=O) groups excluding carboxylic acids is 1. The zero-order valence-corrected chi connectivity index (χ0v) is 17.6. The first-order valence-corrected chi connectivity index (χ1v) is 11.0. The number of likely N-dealkylation sites (N-methyl/N-ethyl adjacent to an activating group) is 1. The molecule has 1 aromatic carbocycles. The fraction of sp³-hybridized carbons (Fsp3) is 0.263. The van der Waals surface area contributed by atoms with Gasteiger partial charge in [-0.2, -0.15) is 17.4 Å². The molecule has 1 fully saturated rings. The molecular weight excluding hydrogens is 465 g/mol. The van der Waals surface area contributed by atoms with E-state index in [1.54, 1.807) is 0 Å². The molecule has 0 aliphatic carbocycles. The normalized spacial score (nSPS) is 33.4. The summed E-state index contributed by atoms with van der Waals surface area (Å²) in [7, 11) is -5.31. The van der Waals surface area contributed by atoms with E-state index >= 15 is 0 Å². The number of benzene rings is 1. The second-order valence-corrected chi connectivity index (χ2v) is 9.24. The largest absolute Gasteiger partial charge is 0.340 e. The van der Waals surface area contributed by atoms with Crippen LogP contribution in [-0.2, 0) is 22.0 Å². The van der Waals surface area contributed by atoms with Crippen molar-refractivity contribution in [3.8, 4) is 10.6 Å². The Morgan fingerprint density at radius 1 is 1.45 bits per heavy atom. The van der Waals surface area contributed by atoms with Crippen molar-refractivity contribution in [1.82, 2.24) is 18.6 Å². The number of hydrogen-bond acceptors (Lipinski definition) is 5. The van der Waals surface area contributed by atoms with Crippen molar-refractivity contribution < 1.29 is 29.9 Å². The molecule has 0 saturated carbocycles. The first-order valence-electron chi connectivity index (χ1n) is 13.0. The summed E-state index contributed by atoms with van der Waals surface area (Å²) in [6.45, 7) is -6.17. The first kappa shape index (κ1) is 13.3. The molecule has 3 aromatic rings. The van der Waals surface area contributed by atoms with E-state index in [1.165, 1.54) is 18.3 Å². The molecule has 8 nitrogen and oxygen atoms in total. The lowest BCUT2D eigenvalue weighted by molar-refractivity contribution is -0.120. The van der Waals surface area contributed by atoms with Gasteiger partial charge in [0.2, 0.25) is 5.91 Å². The molecule has 1 saturated heterocycles. The van der Waals surface area contributed by atoms with Crippen molar-refractivity contribution in [3.63, 3.8) is 0 Å². The van der Waals surface area contributed by atoms with E-state index in [0.29, 0.717) is 0 Å². The smallest absolute Gasteiger partial charge is 0.280 e. The minimum atomic E-state index is -5.31. The number of halogens is 2. The van der Waals surface area contributed by atoms with Gasteiger partial charge >= 0.3 is 0 Å². The molecule has 4 rings (SSSR count). The van der Waals surface area contributed by atoms with Crippen molar-refractivity contribution >= 4 is 44.7 Å². The third kappa shape index (κ3) is 4.51. The summed E-state index contributed by atoms with van der Waals surface area (Å²) in [6, 6.07) is -0.817. The summed E-state index contributed by atoms with van der Waals surface area (Å²) in [5.74, 6) is -2.46. The van der Waals surface area contributed by atoms with E-state index in [-0.39, 0.29) is 21.1 Å². The lowest BCUT2D eigenvalue weighted by atomic mass is 10.1. The topological polar surface area (TPSA) is 96.3 Å². The summed E-state index contributed by atoms with van der Waals surface area (Å²) in [5, 5.41) is 1.66. The average molecular weight is 493 g/mol. The van der Waals surface area contributed by atoms with Gasteiger partial charge in [-0.1, -0.05) is 11.6 Å². The Morgan fingerprint density at radius 3 is 3.00 bits per heavy atom. The molecule has 0 radical (unpaired) electrons. The van der Waals surface area contributed by atoms with Crippen molar-refractivity contribution in [1.29, 1.82) is 0 Å². The van der Waals surface area contributed by atoms with E-state index in [1.807, 2.05) is 4.72 Å². The van der Waals surface area contributed by atoms with Gasteiger partial charge in [-0.15, -0.1) is 11.3 Å². The summed E-state index contributed by atoms with van der Waals surface area (Å²) in [5.41, 5.74) is -0.0844. The highest BCUT2D eigenvalue weighted by molar-refractivity contribution is 7.87. The molecule has 31 heavy (non-hydrogen) atoms. The molecule has 0 bridgehead atoms. The highest BCUT2D eigenvalue weighted by atomic mass is 35.5. The number of anilines is 1. The van der Waals surface area contributed by atoms with E-state index < -0.39 is 63.6 Å². The Bertz CT molecular complexity index is 1580. The molecule has 1 amide bonds. The van der Waals surface area contributed by atoms with Crippen LogP contribution in [0.4, 0.5) is 10.1 Å². The number of aromatic nitrogens is 2. The molecule has 2 N–H and O–H groups in total. The molecule has 3 atom stereocenters. The predicted molar refractivity (Wildman–Crippen MR) is 118 cm³/mol. The Balaban J connectivity index is 1.80. The van der Waals surface area contributed by atoms with Crippen molar-refractivity contribution in [2.45, 2.75) is 18.4 Å². The summed E-state index contributed by atoms with van der Waals surface area (Å²) in [4.78, 5) is 17.4. The number of nitrogens with one attached hydrogen (secondary N) is 2. The number of carbonyl (C=O) groups is 1. The van der Waals surface area contributed by atoms with Gasteiger partial charge in [0.15, 0.2) is 0 Å². The third-order valence-electron chi connectivity index (χ3n) is 4.10. The zero-order chi connectivity index (χ0) is 30.1. The monoisotopic (exact) mass is 492 g/mol. The fourth-order valence-corrected chi connectivity index (χ4v) is 4.77.